The Labute approximate surface area is 136 Å². The van der Waals surface area contributed by atoms with Gasteiger partial charge in [0.1, 0.15) is 5.75 Å². The molecule has 0 aliphatic carbocycles. The number of nitrogens with zero attached hydrogens (tertiary/aromatic N) is 5. The summed E-state index contributed by atoms with van der Waals surface area (Å²) in [4.78, 5) is 12.5. The van der Waals surface area contributed by atoms with Crippen LogP contribution in [0.3, 0.4) is 0 Å². The molecule has 4 aromatic rings. The number of methoxy groups -OCH3 is 1. The van der Waals surface area contributed by atoms with Crippen molar-refractivity contribution in [1.82, 2.24) is 25.3 Å². The zero-order valence-electron chi connectivity index (χ0n) is 12.6. The molecular formula is C16H11N5O3. The van der Waals surface area contributed by atoms with Crippen molar-refractivity contribution >= 4 is 0 Å². The van der Waals surface area contributed by atoms with Crippen LogP contribution in [-0.2, 0) is 0 Å². The van der Waals surface area contributed by atoms with Crippen molar-refractivity contribution in [3.05, 3.63) is 48.8 Å². The Kier molecular flexibility index (Phi) is 3.47. The molecule has 0 N–H and O–H groups in total. The van der Waals surface area contributed by atoms with Crippen molar-refractivity contribution < 1.29 is 13.8 Å². The van der Waals surface area contributed by atoms with Gasteiger partial charge >= 0.3 is 11.8 Å². The average molecular weight is 321 g/mol. The Hall–Kier alpha value is -3.55. The van der Waals surface area contributed by atoms with E-state index in [1.165, 1.54) is 0 Å². The van der Waals surface area contributed by atoms with Crippen LogP contribution in [0, 0.1) is 0 Å². The summed E-state index contributed by atoms with van der Waals surface area (Å²) in [7, 11) is 1.61. The van der Waals surface area contributed by atoms with Gasteiger partial charge in [0.25, 0.3) is 0 Å². The van der Waals surface area contributed by atoms with E-state index in [0.717, 1.165) is 16.9 Å². The molecule has 3 aromatic heterocycles. The van der Waals surface area contributed by atoms with Crippen molar-refractivity contribution in [2.24, 2.45) is 0 Å². The Morgan fingerprint density at radius 2 is 1.29 bits per heavy atom. The molecule has 0 fully saturated rings. The number of ether oxygens (including phenoxy) is 1. The van der Waals surface area contributed by atoms with Gasteiger partial charge in [-0.1, -0.05) is 10.3 Å². The van der Waals surface area contributed by atoms with E-state index in [1.54, 1.807) is 31.6 Å². The Morgan fingerprint density at radius 1 is 0.750 bits per heavy atom. The normalized spacial score (nSPS) is 10.7. The quantitative estimate of drug-likeness (QED) is 0.565. The predicted octanol–water partition coefficient (Wildman–Crippen LogP) is 2.86. The molecule has 8 nitrogen and oxygen atoms in total. The lowest BCUT2D eigenvalue weighted by Gasteiger charge is -1.98. The fraction of sp³-hybridized carbons (Fsp3) is 0.0625. The van der Waals surface area contributed by atoms with Crippen molar-refractivity contribution in [1.29, 1.82) is 0 Å². The van der Waals surface area contributed by atoms with Crippen LogP contribution in [0.15, 0.2) is 57.8 Å². The highest BCUT2D eigenvalue weighted by Crippen LogP contribution is 2.24. The van der Waals surface area contributed by atoms with Crippen molar-refractivity contribution in [2.75, 3.05) is 7.11 Å². The van der Waals surface area contributed by atoms with Gasteiger partial charge in [-0.15, -0.1) is 0 Å². The molecule has 0 amide bonds. The molecule has 0 aliphatic rings. The summed E-state index contributed by atoms with van der Waals surface area (Å²) in [6.07, 6.45) is 3.31. The van der Waals surface area contributed by atoms with Crippen LogP contribution < -0.4 is 4.74 Å². The minimum Gasteiger partial charge on any atom is -0.497 e. The van der Waals surface area contributed by atoms with Gasteiger partial charge in [0.15, 0.2) is 0 Å². The molecule has 0 atom stereocenters. The molecule has 0 spiro atoms. The summed E-state index contributed by atoms with van der Waals surface area (Å²) in [6, 6.07) is 10.9. The smallest absolute Gasteiger partial charge is 0.316 e. The van der Waals surface area contributed by atoms with Crippen LogP contribution in [0.1, 0.15) is 0 Å². The molecule has 0 saturated carbocycles. The molecular weight excluding hydrogens is 310 g/mol. The van der Waals surface area contributed by atoms with Gasteiger partial charge < -0.3 is 13.8 Å². The van der Waals surface area contributed by atoms with E-state index >= 15 is 0 Å². The van der Waals surface area contributed by atoms with Crippen LogP contribution in [0.25, 0.3) is 34.6 Å². The van der Waals surface area contributed by atoms with Crippen molar-refractivity contribution in [3.8, 4) is 40.3 Å². The summed E-state index contributed by atoms with van der Waals surface area (Å²) >= 11 is 0. The molecule has 0 radical (unpaired) electrons. The molecule has 4 rings (SSSR count). The highest BCUT2D eigenvalue weighted by molar-refractivity contribution is 5.59. The fourth-order valence-electron chi connectivity index (χ4n) is 2.10. The summed E-state index contributed by atoms with van der Waals surface area (Å²) in [5.74, 6) is 1.93. The lowest BCUT2D eigenvalue weighted by molar-refractivity contribution is 0.383. The third-order valence-corrected chi connectivity index (χ3v) is 3.32. The first kappa shape index (κ1) is 14.1. The third-order valence-electron chi connectivity index (χ3n) is 3.32. The second-order valence-electron chi connectivity index (χ2n) is 4.81. The van der Waals surface area contributed by atoms with Gasteiger partial charge in [-0.3, -0.25) is 4.98 Å². The van der Waals surface area contributed by atoms with Gasteiger partial charge in [0.2, 0.25) is 11.6 Å². The molecule has 3 heterocycles. The zero-order valence-corrected chi connectivity index (χ0v) is 12.6. The van der Waals surface area contributed by atoms with E-state index in [4.69, 9.17) is 13.8 Å². The Bertz CT molecular complexity index is 947. The number of hydrogen-bond donors (Lipinski definition) is 0. The zero-order chi connectivity index (χ0) is 16.4. The number of rotatable bonds is 4. The van der Waals surface area contributed by atoms with Crippen LogP contribution >= 0.6 is 0 Å². The third kappa shape index (κ3) is 2.60. The van der Waals surface area contributed by atoms with E-state index in [2.05, 4.69) is 25.3 Å². The molecule has 8 heteroatoms. The first-order valence-corrected chi connectivity index (χ1v) is 7.06. The molecule has 24 heavy (non-hydrogen) atoms. The van der Waals surface area contributed by atoms with E-state index in [9.17, 15) is 0 Å². The average Bonchev–Trinajstić information content (AvgIpc) is 3.32. The SMILES string of the molecule is COc1ccc(-c2noc(-c3nc(-c4ccncc4)no3)n2)cc1. The lowest BCUT2D eigenvalue weighted by Crippen LogP contribution is -1.84. The van der Waals surface area contributed by atoms with Gasteiger partial charge in [0, 0.05) is 23.5 Å². The van der Waals surface area contributed by atoms with Crippen LogP contribution in [-0.4, -0.2) is 32.4 Å². The molecule has 0 aliphatic heterocycles. The molecule has 0 bridgehead atoms. The van der Waals surface area contributed by atoms with E-state index in [-0.39, 0.29) is 11.8 Å². The predicted molar refractivity (Wildman–Crippen MR) is 82.8 cm³/mol. The van der Waals surface area contributed by atoms with E-state index < -0.39 is 0 Å². The topological polar surface area (TPSA) is 100.0 Å². The van der Waals surface area contributed by atoms with Gasteiger partial charge in [-0.05, 0) is 36.4 Å². The summed E-state index contributed by atoms with van der Waals surface area (Å²) in [6.45, 7) is 0. The number of hydrogen-bond acceptors (Lipinski definition) is 8. The van der Waals surface area contributed by atoms with Gasteiger partial charge in [0.05, 0.1) is 7.11 Å². The van der Waals surface area contributed by atoms with Crippen molar-refractivity contribution in [2.45, 2.75) is 0 Å². The van der Waals surface area contributed by atoms with E-state index in [1.807, 2.05) is 24.3 Å². The largest absolute Gasteiger partial charge is 0.497 e. The molecule has 0 unspecified atom stereocenters. The fourth-order valence-corrected chi connectivity index (χ4v) is 2.10. The van der Waals surface area contributed by atoms with Crippen LogP contribution in [0.4, 0.5) is 0 Å². The van der Waals surface area contributed by atoms with Gasteiger partial charge in [-0.2, -0.15) is 9.97 Å². The van der Waals surface area contributed by atoms with Gasteiger partial charge in [-0.25, -0.2) is 0 Å². The minimum absolute atomic E-state index is 0.161. The lowest BCUT2D eigenvalue weighted by atomic mass is 10.2. The second kappa shape index (κ2) is 5.92. The standard InChI is InChI=1S/C16H11N5O3/c1-22-12-4-2-10(3-5-12)13-18-15(23-20-13)16-19-14(21-24-16)11-6-8-17-9-7-11/h2-9H,1H3. The Morgan fingerprint density at radius 3 is 1.83 bits per heavy atom. The summed E-state index contributed by atoms with van der Waals surface area (Å²) < 4.78 is 15.5. The molecule has 1 aromatic carbocycles. The maximum absolute atomic E-state index is 5.21. The second-order valence-corrected chi connectivity index (χ2v) is 4.81. The highest BCUT2D eigenvalue weighted by Gasteiger charge is 2.18. The monoisotopic (exact) mass is 321 g/mol. The Balaban J connectivity index is 1.62. The number of pyridine rings is 1. The van der Waals surface area contributed by atoms with Crippen LogP contribution in [0.2, 0.25) is 0 Å². The number of aromatic nitrogens is 5. The first-order chi connectivity index (χ1) is 11.8. The van der Waals surface area contributed by atoms with Crippen LogP contribution in [0.5, 0.6) is 5.75 Å². The highest BCUT2D eigenvalue weighted by atomic mass is 16.5. The maximum Gasteiger partial charge on any atom is 0.316 e. The summed E-state index contributed by atoms with van der Waals surface area (Å²) in [5.41, 5.74) is 1.58. The first-order valence-electron chi connectivity index (χ1n) is 7.06. The molecule has 0 saturated heterocycles. The molecule has 118 valence electrons. The summed E-state index contributed by atoms with van der Waals surface area (Å²) in [5, 5.41) is 7.84. The maximum atomic E-state index is 5.21. The minimum atomic E-state index is 0.161. The van der Waals surface area contributed by atoms with Crippen molar-refractivity contribution in [3.63, 3.8) is 0 Å². The van der Waals surface area contributed by atoms with E-state index in [0.29, 0.717) is 11.6 Å². The number of benzene rings is 1.